The Kier molecular flexibility index (Phi) is 18.3. The second-order valence-corrected chi connectivity index (χ2v) is 8.22. The Morgan fingerprint density at radius 2 is 1.43 bits per heavy atom. The average molecular weight is 430 g/mol. The maximum Gasteiger partial charge on any atom is 1.00 e. The molecule has 0 bridgehead atoms. The van der Waals surface area contributed by atoms with E-state index < -0.39 is 5.97 Å². The number of allylic oxidation sites excluding steroid dienone is 2. The number of nitrogens with zero attached hydrogens (tertiary/aromatic N) is 2. The van der Waals surface area contributed by atoms with E-state index in [0.717, 1.165) is 44.3 Å². The SMILES string of the molecule is CC(C)n1c(CCCCCCCC/C=C\CCCCCCCC(=O)[O-])n[nH]c1=O.[Na+]. The van der Waals surface area contributed by atoms with Crippen LogP contribution in [0, 0.1) is 0 Å². The van der Waals surface area contributed by atoms with E-state index in [2.05, 4.69) is 22.3 Å². The molecule has 1 rings (SSSR count). The molecule has 0 aliphatic heterocycles. The molecule has 1 N–H and O–H groups in total. The van der Waals surface area contributed by atoms with E-state index >= 15 is 0 Å². The Bertz CT molecular complexity index is 638. The first-order valence-electron chi connectivity index (χ1n) is 11.5. The van der Waals surface area contributed by atoms with E-state index in [1.165, 1.54) is 51.4 Å². The van der Waals surface area contributed by atoms with Crippen LogP contribution in [-0.2, 0) is 11.2 Å². The average Bonchev–Trinajstić information content (AvgIpc) is 3.04. The third-order valence-electron chi connectivity index (χ3n) is 5.23. The molecule has 0 spiro atoms. The Hall–Kier alpha value is -0.850. The van der Waals surface area contributed by atoms with E-state index in [9.17, 15) is 14.7 Å². The summed E-state index contributed by atoms with van der Waals surface area (Å²) in [5.74, 6) is -0.0483. The molecule has 0 unspecified atom stereocenters. The Morgan fingerprint density at radius 1 is 0.933 bits per heavy atom. The van der Waals surface area contributed by atoms with Gasteiger partial charge in [0.25, 0.3) is 0 Å². The number of aliphatic carboxylic acids is 1. The van der Waals surface area contributed by atoms with Crippen molar-refractivity contribution >= 4 is 5.97 Å². The number of carboxylic acids is 1. The topological polar surface area (TPSA) is 90.8 Å². The van der Waals surface area contributed by atoms with E-state index in [1.54, 1.807) is 4.57 Å². The van der Waals surface area contributed by atoms with Crippen molar-refractivity contribution in [2.45, 2.75) is 116 Å². The molecule has 0 atom stereocenters. The Balaban J connectivity index is 0.00000841. The van der Waals surface area contributed by atoms with E-state index in [1.807, 2.05) is 13.8 Å². The maximum absolute atomic E-state index is 11.7. The minimum atomic E-state index is -0.930. The summed E-state index contributed by atoms with van der Waals surface area (Å²) >= 11 is 0. The summed E-state index contributed by atoms with van der Waals surface area (Å²) in [6.07, 6.45) is 20.6. The molecular formula is C23H40N3NaO3. The van der Waals surface area contributed by atoms with Crippen LogP contribution in [0.3, 0.4) is 0 Å². The smallest absolute Gasteiger partial charge is 0.550 e. The fourth-order valence-corrected chi connectivity index (χ4v) is 3.60. The van der Waals surface area contributed by atoms with Crippen LogP contribution in [-0.4, -0.2) is 20.7 Å². The molecular weight excluding hydrogens is 389 g/mol. The zero-order valence-electron chi connectivity index (χ0n) is 19.5. The number of nitrogens with one attached hydrogen (secondary N) is 1. The molecule has 7 heteroatoms. The third-order valence-corrected chi connectivity index (χ3v) is 5.23. The number of hydrogen-bond acceptors (Lipinski definition) is 4. The van der Waals surface area contributed by atoms with E-state index in [0.29, 0.717) is 0 Å². The summed E-state index contributed by atoms with van der Waals surface area (Å²) < 4.78 is 1.75. The normalized spacial score (nSPS) is 11.3. The number of hydrogen-bond donors (Lipinski definition) is 1. The van der Waals surface area contributed by atoms with Crippen LogP contribution < -0.4 is 40.4 Å². The van der Waals surface area contributed by atoms with Crippen molar-refractivity contribution in [2.75, 3.05) is 0 Å². The number of unbranched alkanes of at least 4 members (excludes halogenated alkanes) is 11. The summed E-state index contributed by atoms with van der Waals surface area (Å²) in [5.41, 5.74) is -0.100. The van der Waals surface area contributed by atoms with Crippen LogP contribution in [0.1, 0.15) is 116 Å². The zero-order valence-corrected chi connectivity index (χ0v) is 21.5. The van der Waals surface area contributed by atoms with Gasteiger partial charge in [-0.1, -0.05) is 57.1 Å². The molecule has 0 aliphatic rings. The fraction of sp³-hybridized carbons (Fsp3) is 0.783. The maximum atomic E-state index is 11.7. The first-order valence-corrected chi connectivity index (χ1v) is 11.5. The monoisotopic (exact) mass is 429 g/mol. The standard InChI is InChI=1S/C23H41N3O3.Na/c1-20(2)26-21(24-25-23(26)29)18-16-14-12-10-8-6-4-3-5-7-9-11-13-15-17-19-22(27)28;/h3,5,20H,4,6-19H2,1-2H3,(H,25,29)(H,27,28);/q;+1/p-1/b5-3-;. The Morgan fingerprint density at radius 3 is 1.97 bits per heavy atom. The second-order valence-electron chi connectivity index (χ2n) is 8.22. The molecule has 1 heterocycles. The van der Waals surface area contributed by atoms with Crippen LogP contribution in [0.5, 0.6) is 0 Å². The largest absolute Gasteiger partial charge is 1.00 e. The Labute approximate surface area is 204 Å². The van der Waals surface area contributed by atoms with Gasteiger partial charge in [0.15, 0.2) is 0 Å². The number of rotatable bonds is 18. The molecule has 0 saturated heterocycles. The van der Waals surface area contributed by atoms with Gasteiger partial charge in [-0.2, -0.15) is 5.10 Å². The van der Waals surface area contributed by atoms with Crippen LogP contribution in [0.4, 0.5) is 0 Å². The van der Waals surface area contributed by atoms with Crippen molar-refractivity contribution in [3.63, 3.8) is 0 Å². The minimum Gasteiger partial charge on any atom is -0.550 e. The van der Waals surface area contributed by atoms with Gasteiger partial charge in [-0.3, -0.25) is 4.57 Å². The van der Waals surface area contributed by atoms with Gasteiger partial charge in [-0.15, -0.1) is 0 Å². The summed E-state index contributed by atoms with van der Waals surface area (Å²) in [4.78, 5) is 22.0. The van der Waals surface area contributed by atoms with Crippen LogP contribution in [0.25, 0.3) is 0 Å². The number of carbonyl (C=O) groups excluding carboxylic acids is 1. The van der Waals surface area contributed by atoms with Crippen molar-refractivity contribution in [3.8, 4) is 0 Å². The number of aryl methyl sites for hydroxylation is 1. The molecule has 0 fully saturated rings. The molecule has 30 heavy (non-hydrogen) atoms. The van der Waals surface area contributed by atoms with Crippen molar-refractivity contribution in [2.24, 2.45) is 0 Å². The third kappa shape index (κ3) is 14.2. The van der Waals surface area contributed by atoms with Crippen molar-refractivity contribution in [1.82, 2.24) is 14.8 Å². The van der Waals surface area contributed by atoms with Crippen LogP contribution in [0.15, 0.2) is 16.9 Å². The van der Waals surface area contributed by atoms with Gasteiger partial charge in [-0.05, 0) is 58.8 Å². The van der Waals surface area contributed by atoms with Gasteiger partial charge in [0.05, 0.1) is 0 Å². The minimum absolute atomic E-state index is 0. The van der Waals surface area contributed by atoms with Gasteiger partial charge in [-0.25, -0.2) is 9.89 Å². The van der Waals surface area contributed by atoms with Crippen molar-refractivity contribution in [3.05, 3.63) is 28.5 Å². The molecule has 0 saturated carbocycles. The van der Waals surface area contributed by atoms with E-state index in [4.69, 9.17) is 0 Å². The predicted octanol–water partition coefficient (Wildman–Crippen LogP) is 1.47. The van der Waals surface area contributed by atoms with Crippen molar-refractivity contribution < 1.29 is 39.5 Å². The quantitative estimate of drug-likeness (QED) is 0.217. The summed E-state index contributed by atoms with van der Waals surface area (Å²) in [7, 11) is 0. The second kappa shape index (κ2) is 18.9. The van der Waals surface area contributed by atoms with E-state index in [-0.39, 0.29) is 47.7 Å². The molecule has 0 amide bonds. The molecule has 1 aromatic rings. The fourth-order valence-electron chi connectivity index (χ4n) is 3.60. The number of carboxylic acid groups (broad SMARTS) is 1. The first-order chi connectivity index (χ1) is 14.0. The van der Waals surface area contributed by atoms with Gasteiger partial charge in [0, 0.05) is 18.4 Å². The zero-order chi connectivity index (χ0) is 21.3. The van der Waals surface area contributed by atoms with Crippen LogP contribution in [0.2, 0.25) is 0 Å². The summed E-state index contributed by atoms with van der Waals surface area (Å²) in [6.45, 7) is 4.02. The number of carbonyl (C=O) groups is 1. The number of H-pyrrole nitrogens is 1. The van der Waals surface area contributed by atoms with Gasteiger partial charge in [0.1, 0.15) is 5.82 Å². The number of aromatic nitrogens is 3. The molecule has 0 aliphatic carbocycles. The van der Waals surface area contributed by atoms with Gasteiger partial charge >= 0.3 is 35.2 Å². The van der Waals surface area contributed by atoms with Crippen molar-refractivity contribution in [1.29, 1.82) is 0 Å². The first kappa shape index (κ1) is 29.1. The molecule has 0 radical (unpaired) electrons. The van der Waals surface area contributed by atoms with Gasteiger partial charge < -0.3 is 9.90 Å². The summed E-state index contributed by atoms with van der Waals surface area (Å²) in [5, 5.41) is 17.0. The molecule has 6 nitrogen and oxygen atoms in total. The molecule has 0 aromatic carbocycles. The number of aromatic amines is 1. The van der Waals surface area contributed by atoms with Gasteiger partial charge in [0.2, 0.25) is 0 Å². The molecule has 166 valence electrons. The van der Waals surface area contributed by atoms with Crippen LogP contribution >= 0.6 is 0 Å². The molecule has 1 aromatic heterocycles. The predicted molar refractivity (Wildman–Crippen MR) is 116 cm³/mol. The summed E-state index contributed by atoms with van der Waals surface area (Å²) in [6, 6.07) is 0.158.